The Balaban J connectivity index is 2.55. The monoisotopic (exact) mass is 280 g/mol. The highest BCUT2D eigenvalue weighted by molar-refractivity contribution is 14.1. The van der Waals surface area contributed by atoms with Gasteiger partial charge in [-0.1, -0.05) is 6.07 Å². The molecule has 1 aliphatic rings. The van der Waals surface area contributed by atoms with Crippen LogP contribution in [0.3, 0.4) is 0 Å². The summed E-state index contributed by atoms with van der Waals surface area (Å²) in [4.78, 5) is 0. The summed E-state index contributed by atoms with van der Waals surface area (Å²) in [6, 6.07) is 5.12. The van der Waals surface area contributed by atoms with Crippen molar-refractivity contribution in [2.24, 2.45) is 0 Å². The first-order valence-electron chi connectivity index (χ1n) is 3.76. The summed E-state index contributed by atoms with van der Waals surface area (Å²) in [7, 11) is 0. The fraction of sp³-hybridized carbons (Fsp3) is 0.333. The highest BCUT2D eigenvalue weighted by Crippen LogP contribution is 2.41. The molecule has 0 saturated heterocycles. The number of hydrogen-bond donors (Lipinski definition) is 0. The van der Waals surface area contributed by atoms with Crippen LogP contribution in [0.2, 0.25) is 0 Å². The lowest BCUT2D eigenvalue weighted by Gasteiger charge is -2.08. The molecule has 0 heterocycles. The summed E-state index contributed by atoms with van der Waals surface area (Å²) in [6.07, 6.45) is 0.488. The first-order valence-corrected chi connectivity index (χ1v) is 4.84. The van der Waals surface area contributed by atoms with Crippen molar-refractivity contribution >= 4 is 22.6 Å². The van der Waals surface area contributed by atoms with Gasteiger partial charge in [0.25, 0.3) is 5.92 Å². The maximum atomic E-state index is 13.1. The van der Waals surface area contributed by atoms with E-state index in [-0.39, 0.29) is 12.0 Å². The van der Waals surface area contributed by atoms with Crippen LogP contribution in [0.25, 0.3) is 0 Å². The van der Waals surface area contributed by atoms with E-state index in [2.05, 4.69) is 22.6 Å². The zero-order chi connectivity index (χ0) is 8.77. The van der Waals surface area contributed by atoms with Gasteiger partial charge in [0.1, 0.15) is 0 Å². The smallest absolute Gasteiger partial charge is 0.201 e. The average molecular weight is 280 g/mol. The lowest BCUT2D eigenvalue weighted by molar-refractivity contribution is -0.00184. The molecule has 3 heteroatoms. The molecular weight excluding hydrogens is 273 g/mol. The van der Waals surface area contributed by atoms with E-state index < -0.39 is 5.92 Å². The molecule has 0 fully saturated rings. The summed E-state index contributed by atoms with van der Waals surface area (Å²) >= 11 is 2.14. The van der Waals surface area contributed by atoms with Gasteiger partial charge in [-0.2, -0.15) is 0 Å². The van der Waals surface area contributed by atoms with Crippen LogP contribution in [-0.4, -0.2) is 0 Å². The maximum absolute atomic E-state index is 13.1. The van der Waals surface area contributed by atoms with Gasteiger partial charge in [0.15, 0.2) is 0 Å². The normalized spacial score (nSPS) is 19.2. The molecule has 0 nitrogen and oxygen atoms in total. The molecule has 1 aromatic rings. The highest BCUT2D eigenvalue weighted by atomic mass is 127. The predicted molar refractivity (Wildman–Crippen MR) is 51.4 cm³/mol. The van der Waals surface area contributed by atoms with Crippen molar-refractivity contribution in [2.45, 2.75) is 18.8 Å². The summed E-state index contributed by atoms with van der Waals surface area (Å²) in [5.74, 6) is -2.58. The Labute approximate surface area is 83.1 Å². The largest absolute Gasteiger partial charge is 0.273 e. The second kappa shape index (κ2) is 2.65. The second-order valence-electron chi connectivity index (χ2n) is 3.01. The number of aryl methyl sites for hydroxylation is 1. The molecule has 0 atom stereocenters. The minimum Gasteiger partial charge on any atom is -0.201 e. The Kier molecular flexibility index (Phi) is 1.86. The van der Waals surface area contributed by atoms with E-state index in [9.17, 15) is 8.78 Å². The first kappa shape index (κ1) is 8.41. The van der Waals surface area contributed by atoms with Crippen molar-refractivity contribution in [1.82, 2.24) is 0 Å². The molecule has 64 valence electrons. The van der Waals surface area contributed by atoms with Crippen LogP contribution in [0.4, 0.5) is 8.78 Å². The zero-order valence-corrected chi connectivity index (χ0v) is 8.44. The fourth-order valence-corrected chi connectivity index (χ4v) is 2.11. The van der Waals surface area contributed by atoms with Crippen molar-refractivity contribution in [3.63, 3.8) is 0 Å². The lowest BCUT2D eigenvalue weighted by atomic mass is 10.1. The number of fused-ring (bicyclic) bond motifs is 1. The topological polar surface area (TPSA) is 0 Å². The number of rotatable bonds is 0. The molecular formula is C9H7F2I. The number of alkyl halides is 2. The lowest BCUT2D eigenvalue weighted by Crippen LogP contribution is -2.06. The maximum Gasteiger partial charge on any atom is 0.273 e. The molecule has 1 aliphatic carbocycles. The molecule has 0 aliphatic heterocycles. The van der Waals surface area contributed by atoms with Crippen LogP contribution >= 0.6 is 22.6 Å². The van der Waals surface area contributed by atoms with E-state index in [0.717, 1.165) is 9.13 Å². The molecule has 0 spiro atoms. The van der Waals surface area contributed by atoms with Crippen LogP contribution in [0.5, 0.6) is 0 Å². The van der Waals surface area contributed by atoms with Gasteiger partial charge in [-0.25, -0.2) is 8.78 Å². The van der Waals surface area contributed by atoms with Crippen molar-refractivity contribution in [1.29, 1.82) is 0 Å². The third-order valence-electron chi connectivity index (χ3n) is 2.17. The Morgan fingerprint density at radius 3 is 2.83 bits per heavy atom. The predicted octanol–water partition coefficient (Wildman–Crippen LogP) is 3.33. The van der Waals surface area contributed by atoms with E-state index >= 15 is 0 Å². The Morgan fingerprint density at radius 1 is 1.33 bits per heavy atom. The van der Waals surface area contributed by atoms with E-state index in [1.54, 1.807) is 12.1 Å². The van der Waals surface area contributed by atoms with Crippen molar-refractivity contribution in [3.8, 4) is 0 Å². The molecule has 0 amide bonds. The van der Waals surface area contributed by atoms with Gasteiger partial charge in [0.2, 0.25) is 0 Å². The molecule has 1 aromatic carbocycles. The molecule has 2 rings (SSSR count). The minimum atomic E-state index is -2.58. The Morgan fingerprint density at radius 2 is 2.08 bits per heavy atom. The average Bonchev–Trinajstić information content (AvgIpc) is 2.27. The second-order valence-corrected chi connectivity index (χ2v) is 4.25. The minimum absolute atomic E-state index is 0.0254. The molecule has 0 aromatic heterocycles. The van der Waals surface area contributed by atoms with Gasteiger partial charge in [-0.15, -0.1) is 0 Å². The van der Waals surface area contributed by atoms with Crippen LogP contribution in [0, 0.1) is 3.57 Å². The zero-order valence-electron chi connectivity index (χ0n) is 6.28. The highest BCUT2D eigenvalue weighted by Gasteiger charge is 2.38. The van der Waals surface area contributed by atoms with Crippen LogP contribution in [0.15, 0.2) is 18.2 Å². The Bertz CT molecular complexity index is 320. The number of halogens is 3. The molecule has 12 heavy (non-hydrogen) atoms. The molecule has 0 N–H and O–H groups in total. The molecule has 0 unspecified atom stereocenters. The van der Waals surface area contributed by atoms with Crippen LogP contribution in [0.1, 0.15) is 17.5 Å². The number of hydrogen-bond acceptors (Lipinski definition) is 0. The van der Waals surface area contributed by atoms with Crippen LogP contribution < -0.4 is 0 Å². The fourth-order valence-electron chi connectivity index (χ4n) is 1.55. The van der Waals surface area contributed by atoms with Crippen molar-refractivity contribution in [2.75, 3.05) is 0 Å². The van der Waals surface area contributed by atoms with E-state index in [1.165, 1.54) is 0 Å². The standard InChI is InChI=1S/C9H7F2I/c10-9(11)4-3-6-5-7(12)1-2-8(6)9/h1-2,5H,3-4H2. The summed E-state index contributed by atoms with van der Waals surface area (Å²) in [6.45, 7) is 0. The van der Waals surface area contributed by atoms with E-state index in [0.29, 0.717) is 6.42 Å². The third kappa shape index (κ3) is 1.24. The van der Waals surface area contributed by atoms with E-state index in [4.69, 9.17) is 0 Å². The Hall–Kier alpha value is -0.190. The van der Waals surface area contributed by atoms with Gasteiger partial charge in [0, 0.05) is 15.6 Å². The molecule has 0 saturated carbocycles. The van der Waals surface area contributed by atoms with Gasteiger partial charge in [0.05, 0.1) is 0 Å². The molecule has 0 radical (unpaired) electrons. The van der Waals surface area contributed by atoms with Crippen molar-refractivity contribution in [3.05, 3.63) is 32.9 Å². The van der Waals surface area contributed by atoms with Crippen LogP contribution in [-0.2, 0) is 12.3 Å². The first-order chi connectivity index (χ1) is 5.59. The van der Waals surface area contributed by atoms with Gasteiger partial charge in [-0.3, -0.25) is 0 Å². The summed E-state index contributed by atoms with van der Waals surface area (Å²) in [5, 5.41) is 0. The third-order valence-corrected chi connectivity index (χ3v) is 2.84. The van der Waals surface area contributed by atoms with Gasteiger partial charge >= 0.3 is 0 Å². The quantitative estimate of drug-likeness (QED) is 0.639. The van der Waals surface area contributed by atoms with Gasteiger partial charge < -0.3 is 0 Å². The summed E-state index contributed by atoms with van der Waals surface area (Å²) < 4.78 is 27.2. The summed E-state index contributed by atoms with van der Waals surface area (Å²) in [5.41, 5.74) is 1.04. The molecule has 0 bridgehead atoms. The number of benzene rings is 1. The van der Waals surface area contributed by atoms with Gasteiger partial charge in [-0.05, 0) is 46.7 Å². The van der Waals surface area contributed by atoms with E-state index in [1.807, 2.05) is 6.07 Å². The SMILES string of the molecule is FC1(F)CCc2cc(I)ccc21. The van der Waals surface area contributed by atoms with Crippen molar-refractivity contribution < 1.29 is 8.78 Å².